The second kappa shape index (κ2) is 6.88. The summed E-state index contributed by atoms with van der Waals surface area (Å²) < 4.78 is 0. The molecular weight excluding hydrogens is 348 g/mol. The Balaban J connectivity index is 1.58. The van der Waals surface area contributed by atoms with Crippen molar-refractivity contribution in [3.05, 3.63) is 11.8 Å². The number of rotatable bonds is 3. The first kappa shape index (κ1) is 20.0. The summed E-state index contributed by atoms with van der Waals surface area (Å²) in [5.74, 6) is 3.16. The SMILES string of the molecule is CC(C)CNC(=O)C1CC[C@H]2[C@@H]3CN(C)C4=CC(=O)CC[C@]4(C)[C@@H]3CC[C@]12C. The summed E-state index contributed by atoms with van der Waals surface area (Å²) >= 11 is 0. The Bertz CT molecular complexity index is 699. The first-order valence-electron chi connectivity index (χ1n) is 11.4. The minimum atomic E-state index is 0.130. The van der Waals surface area contributed by atoms with E-state index in [1.54, 1.807) is 0 Å². The van der Waals surface area contributed by atoms with Crippen LogP contribution in [0, 0.1) is 40.4 Å². The van der Waals surface area contributed by atoms with Crippen molar-refractivity contribution in [1.29, 1.82) is 0 Å². The van der Waals surface area contributed by atoms with Crippen LogP contribution in [-0.4, -0.2) is 36.7 Å². The molecule has 6 atom stereocenters. The Morgan fingerprint density at radius 1 is 1.21 bits per heavy atom. The van der Waals surface area contributed by atoms with Gasteiger partial charge in [-0.2, -0.15) is 0 Å². The van der Waals surface area contributed by atoms with Crippen molar-refractivity contribution in [2.45, 2.75) is 66.2 Å². The Kier molecular flexibility index (Phi) is 4.91. The fraction of sp³-hybridized carbons (Fsp3) is 0.833. The van der Waals surface area contributed by atoms with Crippen LogP contribution >= 0.6 is 0 Å². The minimum absolute atomic E-state index is 0.130. The van der Waals surface area contributed by atoms with E-state index in [4.69, 9.17) is 0 Å². The molecule has 2 saturated carbocycles. The van der Waals surface area contributed by atoms with Gasteiger partial charge in [-0.3, -0.25) is 9.59 Å². The molecule has 0 aromatic carbocycles. The molecule has 1 N–H and O–H groups in total. The summed E-state index contributed by atoms with van der Waals surface area (Å²) in [7, 11) is 2.17. The van der Waals surface area contributed by atoms with Gasteiger partial charge >= 0.3 is 0 Å². The number of carbonyl (C=O) groups is 2. The monoisotopic (exact) mass is 386 g/mol. The molecule has 0 aromatic rings. The number of fused-ring (bicyclic) bond motifs is 5. The van der Waals surface area contributed by atoms with E-state index in [1.165, 1.54) is 18.5 Å². The Labute approximate surface area is 170 Å². The second-order valence-corrected chi connectivity index (χ2v) is 11.0. The van der Waals surface area contributed by atoms with Gasteiger partial charge in [0.05, 0.1) is 0 Å². The van der Waals surface area contributed by atoms with Gasteiger partial charge in [-0.05, 0) is 61.2 Å². The summed E-state index contributed by atoms with van der Waals surface area (Å²) in [4.78, 5) is 27.4. The maximum atomic E-state index is 13.0. The fourth-order valence-corrected chi connectivity index (χ4v) is 7.43. The standard InChI is InChI=1S/C24H38N2O2/c1-15(2)13-25-22(28)20-7-6-18-17-14-26(5)21-12-16(27)8-10-24(21,4)19(17)9-11-23(18,20)3/h12,15,17-20H,6-11,13-14H2,1-5H3,(H,25,28)/t17-,18-,19+,20?,23-,24+/m0/s1. The van der Waals surface area contributed by atoms with Crippen molar-refractivity contribution < 1.29 is 9.59 Å². The largest absolute Gasteiger partial charge is 0.377 e. The molecule has 0 radical (unpaired) electrons. The van der Waals surface area contributed by atoms with E-state index in [9.17, 15) is 9.59 Å². The fourth-order valence-electron chi connectivity index (χ4n) is 7.43. The number of carbonyl (C=O) groups excluding carboxylic acids is 2. The highest BCUT2D eigenvalue weighted by Crippen LogP contribution is 2.65. The van der Waals surface area contributed by atoms with Crippen molar-refractivity contribution in [2.75, 3.05) is 20.1 Å². The number of likely N-dealkylation sites (tertiary alicyclic amines) is 1. The van der Waals surface area contributed by atoms with E-state index < -0.39 is 0 Å². The zero-order chi connectivity index (χ0) is 20.3. The first-order chi connectivity index (χ1) is 13.2. The van der Waals surface area contributed by atoms with Crippen molar-refractivity contribution in [3.63, 3.8) is 0 Å². The van der Waals surface area contributed by atoms with Crippen LogP contribution in [0.4, 0.5) is 0 Å². The van der Waals surface area contributed by atoms with E-state index in [0.717, 1.165) is 32.4 Å². The Morgan fingerprint density at radius 2 is 1.96 bits per heavy atom. The van der Waals surface area contributed by atoms with Gasteiger partial charge in [0, 0.05) is 49.7 Å². The molecule has 4 rings (SSSR count). The quantitative estimate of drug-likeness (QED) is 0.797. The molecule has 0 spiro atoms. The lowest BCUT2D eigenvalue weighted by Gasteiger charge is -2.60. The normalized spacial score (nSPS) is 42.6. The third-order valence-electron chi connectivity index (χ3n) is 8.93. The molecule has 3 aliphatic carbocycles. The number of hydrogen-bond acceptors (Lipinski definition) is 3. The van der Waals surface area contributed by atoms with Crippen molar-refractivity contribution >= 4 is 11.7 Å². The van der Waals surface area contributed by atoms with E-state index >= 15 is 0 Å². The highest BCUT2D eigenvalue weighted by atomic mass is 16.2. The minimum Gasteiger partial charge on any atom is -0.377 e. The molecule has 4 aliphatic rings. The highest BCUT2D eigenvalue weighted by Gasteiger charge is 2.61. The van der Waals surface area contributed by atoms with Gasteiger partial charge in [0.25, 0.3) is 0 Å². The summed E-state index contributed by atoms with van der Waals surface area (Å²) in [5.41, 5.74) is 1.54. The number of nitrogens with zero attached hydrogens (tertiary/aromatic N) is 1. The second-order valence-electron chi connectivity index (χ2n) is 11.0. The highest BCUT2D eigenvalue weighted by molar-refractivity contribution is 5.91. The zero-order valence-electron chi connectivity index (χ0n) is 18.4. The number of allylic oxidation sites excluding steroid dienone is 2. The van der Waals surface area contributed by atoms with Crippen LogP contribution in [0.1, 0.15) is 66.2 Å². The molecule has 3 fully saturated rings. The molecular formula is C24H38N2O2. The molecule has 156 valence electrons. The zero-order valence-corrected chi connectivity index (χ0v) is 18.4. The maximum absolute atomic E-state index is 13.0. The van der Waals surface area contributed by atoms with Crippen LogP contribution in [0.3, 0.4) is 0 Å². The maximum Gasteiger partial charge on any atom is 0.223 e. The average molecular weight is 387 g/mol. The molecule has 0 aromatic heterocycles. The number of nitrogens with one attached hydrogen (secondary N) is 1. The molecule has 4 nitrogen and oxygen atoms in total. The topological polar surface area (TPSA) is 49.4 Å². The Hall–Kier alpha value is -1.32. The van der Waals surface area contributed by atoms with Gasteiger partial charge in [-0.25, -0.2) is 0 Å². The molecule has 1 aliphatic heterocycles. The first-order valence-corrected chi connectivity index (χ1v) is 11.4. The van der Waals surface area contributed by atoms with Gasteiger partial charge in [-0.15, -0.1) is 0 Å². The lowest BCUT2D eigenvalue weighted by Crippen LogP contribution is -2.57. The predicted octanol–water partition coefficient (Wildman–Crippen LogP) is 4.02. The van der Waals surface area contributed by atoms with Crippen LogP contribution in [0.5, 0.6) is 0 Å². The summed E-state index contributed by atoms with van der Waals surface area (Å²) in [6.07, 6.45) is 8.18. The summed E-state index contributed by atoms with van der Waals surface area (Å²) in [6, 6.07) is 0. The van der Waals surface area contributed by atoms with Gasteiger partial charge in [0.1, 0.15) is 0 Å². The smallest absolute Gasteiger partial charge is 0.223 e. The summed E-state index contributed by atoms with van der Waals surface area (Å²) in [5, 5.41) is 3.22. The molecule has 1 saturated heterocycles. The number of hydrogen-bond donors (Lipinski definition) is 1. The lowest BCUT2D eigenvalue weighted by molar-refractivity contribution is -0.134. The molecule has 4 heteroatoms. The van der Waals surface area contributed by atoms with Gasteiger partial charge in [0.2, 0.25) is 5.91 Å². The van der Waals surface area contributed by atoms with Crippen LogP contribution < -0.4 is 5.32 Å². The van der Waals surface area contributed by atoms with E-state index in [2.05, 4.69) is 45.0 Å². The van der Waals surface area contributed by atoms with E-state index in [1.807, 2.05) is 6.08 Å². The average Bonchev–Trinajstić information content (AvgIpc) is 2.99. The van der Waals surface area contributed by atoms with Gasteiger partial charge in [-0.1, -0.05) is 27.7 Å². The van der Waals surface area contributed by atoms with Crippen LogP contribution in [0.2, 0.25) is 0 Å². The molecule has 1 heterocycles. The molecule has 28 heavy (non-hydrogen) atoms. The van der Waals surface area contributed by atoms with Crippen LogP contribution in [0.25, 0.3) is 0 Å². The third-order valence-corrected chi connectivity index (χ3v) is 8.93. The Morgan fingerprint density at radius 3 is 2.68 bits per heavy atom. The van der Waals surface area contributed by atoms with Gasteiger partial charge in [0.15, 0.2) is 5.78 Å². The summed E-state index contributed by atoms with van der Waals surface area (Å²) in [6.45, 7) is 10.9. The van der Waals surface area contributed by atoms with Crippen molar-refractivity contribution in [1.82, 2.24) is 10.2 Å². The van der Waals surface area contributed by atoms with E-state index in [0.29, 0.717) is 35.9 Å². The van der Waals surface area contributed by atoms with Crippen molar-refractivity contribution in [3.8, 4) is 0 Å². The predicted molar refractivity (Wildman–Crippen MR) is 111 cm³/mol. The third kappa shape index (κ3) is 2.93. The van der Waals surface area contributed by atoms with E-state index in [-0.39, 0.29) is 22.7 Å². The number of ketones is 1. The van der Waals surface area contributed by atoms with Crippen LogP contribution in [-0.2, 0) is 9.59 Å². The molecule has 1 unspecified atom stereocenters. The van der Waals surface area contributed by atoms with Crippen molar-refractivity contribution in [2.24, 2.45) is 40.4 Å². The van der Waals surface area contributed by atoms with Crippen LogP contribution in [0.15, 0.2) is 11.8 Å². The molecule has 1 amide bonds. The number of piperidine rings is 1. The lowest BCUT2D eigenvalue weighted by atomic mass is 9.49. The molecule has 0 bridgehead atoms. The number of amides is 1. The van der Waals surface area contributed by atoms with Gasteiger partial charge < -0.3 is 10.2 Å².